The molecule has 2 heterocycles. The van der Waals surface area contributed by atoms with E-state index in [1.165, 1.54) is 0 Å². The van der Waals surface area contributed by atoms with E-state index in [0.717, 1.165) is 26.0 Å². The molecule has 0 aliphatic carbocycles. The van der Waals surface area contributed by atoms with Crippen LogP contribution in [0.1, 0.15) is 0 Å². The number of hydrogen-bond donors (Lipinski definition) is 1. The van der Waals surface area contributed by atoms with E-state index in [4.69, 9.17) is 5.73 Å². The van der Waals surface area contributed by atoms with Crippen LogP contribution in [-0.2, 0) is 0 Å². The smallest absolute Gasteiger partial charge is 0.153 e. The van der Waals surface area contributed by atoms with E-state index in [1.54, 1.807) is 17.1 Å². The number of rotatable bonds is 2. The highest BCUT2D eigenvalue weighted by atomic mass is 79.9. The Balaban J connectivity index is 2.05. The lowest BCUT2D eigenvalue weighted by atomic mass is 10.1. The minimum absolute atomic E-state index is 0.618. The predicted octanol–water partition coefficient (Wildman–Crippen LogP) is 4.04. The number of benzene rings is 1. The molecule has 3 aromatic rings. The third-order valence-electron chi connectivity index (χ3n) is 2.79. The summed E-state index contributed by atoms with van der Waals surface area (Å²) < 4.78 is 3.59. The van der Waals surface area contributed by atoms with E-state index in [0.29, 0.717) is 5.69 Å². The van der Waals surface area contributed by atoms with Gasteiger partial charge in [0.1, 0.15) is 5.69 Å². The minimum Gasteiger partial charge on any atom is -0.396 e. The van der Waals surface area contributed by atoms with Crippen molar-refractivity contribution in [1.82, 2.24) is 14.8 Å². The largest absolute Gasteiger partial charge is 0.396 e. The Morgan fingerprint density at radius 1 is 1.05 bits per heavy atom. The van der Waals surface area contributed by atoms with Crippen molar-refractivity contribution in [3.8, 4) is 17.1 Å². The molecule has 0 atom stereocenters. The summed E-state index contributed by atoms with van der Waals surface area (Å²) in [6, 6.07) is 11.7. The molecule has 0 unspecified atom stereocenters. The second-order valence-corrected chi connectivity index (χ2v) is 6.05. The molecule has 0 aliphatic rings. The number of pyridine rings is 1. The molecule has 0 amide bonds. The lowest BCUT2D eigenvalue weighted by Crippen LogP contribution is -1.97. The maximum absolute atomic E-state index is 6.06. The Bertz CT molecular complexity index is 750. The van der Waals surface area contributed by atoms with Crippen molar-refractivity contribution < 1.29 is 0 Å². The molecule has 20 heavy (non-hydrogen) atoms. The topological polar surface area (TPSA) is 56.7 Å². The van der Waals surface area contributed by atoms with E-state index in [2.05, 4.69) is 41.9 Å². The third-order valence-corrected chi connectivity index (χ3v) is 3.75. The predicted molar refractivity (Wildman–Crippen MR) is 86.6 cm³/mol. The molecular formula is C14H10Br2N4. The molecule has 1 aromatic carbocycles. The molecule has 2 aromatic heterocycles. The van der Waals surface area contributed by atoms with Crippen molar-refractivity contribution >= 4 is 37.5 Å². The summed E-state index contributed by atoms with van der Waals surface area (Å²) >= 11 is 6.81. The first-order valence-corrected chi connectivity index (χ1v) is 7.45. The van der Waals surface area contributed by atoms with Crippen LogP contribution in [0.25, 0.3) is 17.1 Å². The van der Waals surface area contributed by atoms with E-state index >= 15 is 0 Å². The summed E-state index contributed by atoms with van der Waals surface area (Å²) in [5.74, 6) is 0.723. The van der Waals surface area contributed by atoms with E-state index in [1.807, 2.05) is 36.4 Å². The fraction of sp³-hybridized carbons (Fsp3) is 0. The number of aromatic nitrogens is 3. The van der Waals surface area contributed by atoms with Crippen molar-refractivity contribution in [3.05, 3.63) is 57.7 Å². The lowest BCUT2D eigenvalue weighted by Gasteiger charge is -2.00. The molecule has 0 aliphatic heterocycles. The van der Waals surface area contributed by atoms with Gasteiger partial charge in [-0.3, -0.25) is 0 Å². The zero-order valence-corrected chi connectivity index (χ0v) is 13.5. The lowest BCUT2D eigenvalue weighted by molar-refractivity contribution is 0.849. The van der Waals surface area contributed by atoms with Gasteiger partial charge in [-0.2, -0.15) is 5.10 Å². The normalized spacial score (nSPS) is 10.7. The molecule has 0 radical (unpaired) electrons. The Labute approximate surface area is 132 Å². The third kappa shape index (κ3) is 2.62. The Morgan fingerprint density at radius 2 is 1.90 bits per heavy atom. The number of anilines is 1. The Kier molecular flexibility index (Phi) is 3.58. The maximum atomic E-state index is 6.06. The highest BCUT2D eigenvalue weighted by molar-refractivity contribution is 9.10. The minimum atomic E-state index is 0.618. The van der Waals surface area contributed by atoms with Gasteiger partial charge in [-0.1, -0.05) is 28.1 Å². The van der Waals surface area contributed by atoms with Crippen molar-refractivity contribution in [2.75, 3.05) is 5.73 Å². The SMILES string of the molecule is Nc1cn(-c2ccc(Br)cn2)nc1-c1cccc(Br)c1. The van der Waals surface area contributed by atoms with Gasteiger partial charge in [0.2, 0.25) is 0 Å². The van der Waals surface area contributed by atoms with Crippen LogP contribution < -0.4 is 5.73 Å². The Hall–Kier alpha value is -1.66. The monoisotopic (exact) mass is 392 g/mol. The summed E-state index contributed by atoms with van der Waals surface area (Å²) in [5.41, 5.74) is 8.39. The highest BCUT2D eigenvalue weighted by Gasteiger charge is 2.10. The average molecular weight is 394 g/mol. The molecule has 2 N–H and O–H groups in total. The number of nitrogen functional groups attached to an aromatic ring is 1. The van der Waals surface area contributed by atoms with Crippen molar-refractivity contribution in [2.45, 2.75) is 0 Å². The zero-order valence-electron chi connectivity index (χ0n) is 10.3. The first kappa shape index (κ1) is 13.3. The van der Waals surface area contributed by atoms with Crippen molar-refractivity contribution in [2.24, 2.45) is 0 Å². The van der Waals surface area contributed by atoms with Crippen LogP contribution in [0.5, 0.6) is 0 Å². The summed E-state index contributed by atoms with van der Waals surface area (Å²) in [4.78, 5) is 4.30. The van der Waals surface area contributed by atoms with Gasteiger partial charge < -0.3 is 5.73 Å². The summed E-state index contributed by atoms with van der Waals surface area (Å²) in [7, 11) is 0. The summed E-state index contributed by atoms with van der Waals surface area (Å²) in [6.45, 7) is 0. The van der Waals surface area contributed by atoms with Crippen LogP contribution in [0.3, 0.4) is 0 Å². The molecule has 0 fully saturated rings. The van der Waals surface area contributed by atoms with Crippen LogP contribution >= 0.6 is 31.9 Å². The fourth-order valence-corrected chi connectivity index (χ4v) is 2.50. The van der Waals surface area contributed by atoms with E-state index in [-0.39, 0.29) is 0 Å². The molecule has 0 saturated carbocycles. The fourth-order valence-electron chi connectivity index (χ4n) is 1.87. The van der Waals surface area contributed by atoms with Gasteiger partial charge in [0.25, 0.3) is 0 Å². The molecule has 0 saturated heterocycles. The van der Waals surface area contributed by atoms with Gasteiger partial charge in [0, 0.05) is 20.7 Å². The average Bonchev–Trinajstić information content (AvgIpc) is 2.82. The number of nitrogens with two attached hydrogens (primary N) is 1. The summed E-state index contributed by atoms with van der Waals surface area (Å²) in [5, 5.41) is 4.51. The quantitative estimate of drug-likeness (QED) is 0.714. The van der Waals surface area contributed by atoms with Crippen LogP contribution in [-0.4, -0.2) is 14.8 Å². The van der Waals surface area contributed by atoms with Gasteiger partial charge in [-0.15, -0.1) is 0 Å². The molecule has 0 bridgehead atoms. The standard InChI is InChI=1S/C14H10Br2N4/c15-10-3-1-2-9(6-10)14-12(17)8-20(19-14)13-5-4-11(16)7-18-13/h1-8H,17H2. The zero-order chi connectivity index (χ0) is 14.1. The molecular weight excluding hydrogens is 384 g/mol. The van der Waals surface area contributed by atoms with Crippen LogP contribution in [0.15, 0.2) is 57.7 Å². The van der Waals surface area contributed by atoms with Gasteiger partial charge in [0.05, 0.1) is 11.9 Å². The van der Waals surface area contributed by atoms with Gasteiger partial charge in [-0.25, -0.2) is 9.67 Å². The van der Waals surface area contributed by atoms with Gasteiger partial charge in [-0.05, 0) is 40.2 Å². The van der Waals surface area contributed by atoms with Crippen molar-refractivity contribution in [1.29, 1.82) is 0 Å². The van der Waals surface area contributed by atoms with Gasteiger partial charge >= 0.3 is 0 Å². The first-order valence-electron chi connectivity index (χ1n) is 5.86. The van der Waals surface area contributed by atoms with Gasteiger partial charge in [0.15, 0.2) is 5.82 Å². The van der Waals surface area contributed by atoms with E-state index in [9.17, 15) is 0 Å². The Morgan fingerprint density at radius 3 is 2.60 bits per heavy atom. The second-order valence-electron chi connectivity index (χ2n) is 4.22. The molecule has 3 rings (SSSR count). The first-order chi connectivity index (χ1) is 9.63. The molecule has 6 heteroatoms. The van der Waals surface area contributed by atoms with Crippen LogP contribution in [0, 0.1) is 0 Å². The number of halogens is 2. The second kappa shape index (κ2) is 5.38. The van der Waals surface area contributed by atoms with Crippen LogP contribution in [0.2, 0.25) is 0 Å². The summed E-state index contributed by atoms with van der Waals surface area (Å²) in [6.07, 6.45) is 3.50. The van der Waals surface area contributed by atoms with Crippen molar-refractivity contribution in [3.63, 3.8) is 0 Å². The highest BCUT2D eigenvalue weighted by Crippen LogP contribution is 2.27. The number of hydrogen-bond acceptors (Lipinski definition) is 3. The molecule has 100 valence electrons. The number of nitrogens with zero attached hydrogens (tertiary/aromatic N) is 3. The van der Waals surface area contributed by atoms with E-state index < -0.39 is 0 Å². The maximum Gasteiger partial charge on any atom is 0.153 e. The van der Waals surface area contributed by atoms with Crippen LogP contribution in [0.4, 0.5) is 5.69 Å². The molecule has 4 nitrogen and oxygen atoms in total. The molecule has 0 spiro atoms.